The van der Waals surface area contributed by atoms with Gasteiger partial charge in [0.25, 0.3) is 0 Å². The van der Waals surface area contributed by atoms with Gasteiger partial charge in [-0.15, -0.1) is 0 Å². The molecule has 3 aromatic carbocycles. The maximum Gasteiger partial charge on any atom is 0.341 e. The molecule has 0 aliphatic rings. The minimum atomic E-state index is -3.93. The molecule has 0 saturated carbocycles. The summed E-state index contributed by atoms with van der Waals surface area (Å²) in [4.78, 5) is 23.9. The minimum absolute atomic E-state index is 0.0719. The van der Waals surface area contributed by atoms with Crippen molar-refractivity contribution in [2.45, 2.75) is 36.6 Å². The molecule has 0 aromatic heterocycles. The summed E-state index contributed by atoms with van der Waals surface area (Å²) in [6.45, 7) is -0.0454. The van der Waals surface area contributed by atoms with Crippen molar-refractivity contribution in [1.29, 1.82) is 0 Å². The second kappa shape index (κ2) is 14.1. The predicted molar refractivity (Wildman–Crippen MR) is 149 cm³/mol. The average molecular weight is 637 g/mol. The molecule has 3 rings (SSSR count). The van der Waals surface area contributed by atoms with Crippen LogP contribution in [0.3, 0.4) is 0 Å². The van der Waals surface area contributed by atoms with E-state index in [2.05, 4.69) is 22.2 Å². The van der Waals surface area contributed by atoms with Gasteiger partial charge in [0.1, 0.15) is 11.8 Å². The largest absolute Gasteiger partial charge is 0.481 e. The molecule has 0 aliphatic heterocycles. The Bertz CT molecular complexity index is 1290. The zero-order chi connectivity index (χ0) is 26.7. The van der Waals surface area contributed by atoms with Crippen molar-refractivity contribution in [2.75, 3.05) is 13.2 Å². The first-order valence-corrected chi connectivity index (χ1v) is 14.3. The lowest BCUT2D eigenvalue weighted by molar-refractivity contribution is -0.139. The molecule has 0 saturated heterocycles. The number of nitrogens with one attached hydrogen (secondary N) is 2. The Balaban J connectivity index is 1.67. The summed E-state index contributed by atoms with van der Waals surface area (Å²) in [6, 6.07) is 22.0. The van der Waals surface area contributed by atoms with Crippen molar-refractivity contribution in [3.8, 4) is 5.75 Å². The number of hydrogen-bond donors (Lipinski definition) is 3. The van der Waals surface area contributed by atoms with Gasteiger partial charge >= 0.3 is 5.97 Å². The molecule has 0 bridgehead atoms. The van der Waals surface area contributed by atoms with Crippen LogP contribution in [0.1, 0.15) is 24.0 Å². The van der Waals surface area contributed by atoms with E-state index in [1.165, 1.54) is 17.7 Å². The summed E-state index contributed by atoms with van der Waals surface area (Å²) >= 11 is 2.01. The highest BCUT2D eigenvalue weighted by molar-refractivity contribution is 14.1. The van der Waals surface area contributed by atoms with Gasteiger partial charge in [-0.25, -0.2) is 13.2 Å². The number of aryl methyl sites for hydroxylation is 1. The molecule has 0 unspecified atom stereocenters. The number of amides is 1. The molecule has 0 aliphatic carbocycles. The van der Waals surface area contributed by atoms with Gasteiger partial charge in [-0.1, -0.05) is 54.6 Å². The number of carboxylic acids is 1. The first kappa shape index (κ1) is 28.6. The highest BCUT2D eigenvalue weighted by Gasteiger charge is 2.26. The fourth-order valence-electron chi connectivity index (χ4n) is 3.64. The maximum atomic E-state index is 13.1. The van der Waals surface area contributed by atoms with Crippen molar-refractivity contribution >= 4 is 44.5 Å². The molecular formula is C27H29IN2O6S. The molecule has 0 radical (unpaired) electrons. The molecule has 1 amide bonds. The lowest BCUT2D eigenvalue weighted by Gasteiger charge is -2.19. The second-order valence-corrected chi connectivity index (χ2v) is 11.2. The van der Waals surface area contributed by atoms with Crippen LogP contribution < -0.4 is 14.8 Å². The van der Waals surface area contributed by atoms with Gasteiger partial charge in [-0.2, -0.15) is 4.72 Å². The quantitative estimate of drug-likeness (QED) is 0.183. The summed E-state index contributed by atoms with van der Waals surface area (Å²) in [5, 5.41) is 11.7. The summed E-state index contributed by atoms with van der Waals surface area (Å²) in [5.74, 6) is -1.10. The fourth-order valence-corrected chi connectivity index (χ4v) is 5.59. The van der Waals surface area contributed by atoms with Crippen molar-refractivity contribution in [2.24, 2.45) is 0 Å². The normalized spacial score (nSPS) is 12.0. The van der Waals surface area contributed by atoms with E-state index >= 15 is 0 Å². The van der Waals surface area contributed by atoms with Crippen molar-refractivity contribution in [3.05, 3.63) is 93.6 Å². The third-order valence-electron chi connectivity index (χ3n) is 5.49. The highest BCUT2D eigenvalue weighted by atomic mass is 127. The fraction of sp³-hybridized carbons (Fsp3) is 0.259. The van der Waals surface area contributed by atoms with Crippen LogP contribution in [0.25, 0.3) is 0 Å². The number of sulfonamides is 1. The molecule has 0 spiro atoms. The van der Waals surface area contributed by atoms with Gasteiger partial charge in [-0.3, -0.25) is 4.79 Å². The van der Waals surface area contributed by atoms with E-state index < -0.39 is 34.5 Å². The van der Waals surface area contributed by atoms with E-state index in [0.29, 0.717) is 21.4 Å². The number of carbonyl (C=O) groups excluding carboxylic acids is 1. The molecule has 3 N–H and O–H groups in total. The van der Waals surface area contributed by atoms with Crippen LogP contribution in [0, 0.1) is 3.57 Å². The predicted octanol–water partition coefficient (Wildman–Crippen LogP) is 3.78. The Morgan fingerprint density at radius 2 is 1.59 bits per heavy atom. The van der Waals surface area contributed by atoms with E-state index in [1.54, 1.807) is 36.4 Å². The smallest absolute Gasteiger partial charge is 0.341 e. The molecule has 3 aromatic rings. The topological polar surface area (TPSA) is 122 Å². The number of unbranched alkanes of at least 4 members (excludes halogenated alkanes) is 1. The van der Waals surface area contributed by atoms with Gasteiger partial charge in [0.05, 0.1) is 8.47 Å². The van der Waals surface area contributed by atoms with Gasteiger partial charge < -0.3 is 15.2 Å². The first-order valence-electron chi connectivity index (χ1n) is 11.8. The van der Waals surface area contributed by atoms with E-state index in [1.807, 2.05) is 40.8 Å². The van der Waals surface area contributed by atoms with Gasteiger partial charge in [0.2, 0.25) is 15.9 Å². The number of halogens is 1. The third-order valence-corrected chi connectivity index (χ3v) is 7.82. The van der Waals surface area contributed by atoms with Gasteiger partial charge in [0, 0.05) is 6.54 Å². The number of hydrogen-bond acceptors (Lipinski definition) is 5. The van der Waals surface area contributed by atoms with Gasteiger partial charge in [-0.05, 0) is 83.7 Å². The average Bonchev–Trinajstić information content (AvgIpc) is 2.88. The van der Waals surface area contributed by atoms with Crippen molar-refractivity contribution < 1.29 is 27.9 Å². The molecule has 37 heavy (non-hydrogen) atoms. The Kier molecular flexibility index (Phi) is 10.9. The van der Waals surface area contributed by atoms with Crippen LogP contribution in [0.2, 0.25) is 0 Å². The summed E-state index contributed by atoms with van der Waals surface area (Å²) in [6.07, 6.45) is 2.65. The van der Waals surface area contributed by atoms with E-state index in [9.17, 15) is 18.0 Å². The van der Waals surface area contributed by atoms with Crippen LogP contribution in [-0.4, -0.2) is 44.6 Å². The number of carboxylic acid groups (broad SMARTS) is 1. The number of rotatable bonds is 14. The zero-order valence-electron chi connectivity index (χ0n) is 20.1. The Labute approximate surface area is 230 Å². The molecular weight excluding hydrogens is 607 g/mol. The molecule has 1 atom stereocenters. The van der Waals surface area contributed by atoms with Gasteiger partial charge in [0.15, 0.2) is 6.61 Å². The SMILES string of the molecule is O=C(O)COc1ccc(C[C@H](NS(=O)(=O)c2ccccc2)C(=O)NCCCCc2ccccc2)cc1I. The van der Waals surface area contributed by atoms with Crippen LogP contribution in [-0.2, 0) is 32.5 Å². The zero-order valence-corrected chi connectivity index (χ0v) is 23.1. The van der Waals surface area contributed by atoms with E-state index in [-0.39, 0.29) is 11.3 Å². The van der Waals surface area contributed by atoms with E-state index in [4.69, 9.17) is 9.84 Å². The van der Waals surface area contributed by atoms with Crippen molar-refractivity contribution in [3.63, 3.8) is 0 Å². The van der Waals surface area contributed by atoms with Crippen LogP contribution in [0.15, 0.2) is 83.8 Å². The van der Waals surface area contributed by atoms with Crippen LogP contribution in [0.4, 0.5) is 0 Å². The van der Waals surface area contributed by atoms with E-state index in [0.717, 1.165) is 19.3 Å². The summed E-state index contributed by atoms with van der Waals surface area (Å²) in [7, 11) is -3.93. The molecule has 0 heterocycles. The molecule has 0 fully saturated rings. The van der Waals surface area contributed by atoms with Crippen LogP contribution in [0.5, 0.6) is 5.75 Å². The molecule has 10 heteroatoms. The monoisotopic (exact) mass is 636 g/mol. The van der Waals surface area contributed by atoms with Crippen molar-refractivity contribution in [1.82, 2.24) is 10.0 Å². The second-order valence-electron chi connectivity index (χ2n) is 8.37. The lowest BCUT2D eigenvalue weighted by Crippen LogP contribution is -2.48. The molecule has 196 valence electrons. The summed E-state index contributed by atoms with van der Waals surface area (Å²) < 4.78 is 34.4. The summed E-state index contributed by atoms with van der Waals surface area (Å²) in [5.41, 5.74) is 1.93. The number of benzene rings is 3. The van der Waals surface area contributed by atoms with Crippen LogP contribution >= 0.6 is 22.6 Å². The number of carbonyl (C=O) groups is 2. The number of ether oxygens (including phenoxy) is 1. The number of aliphatic carboxylic acids is 1. The lowest BCUT2D eigenvalue weighted by atomic mass is 10.1. The Morgan fingerprint density at radius 1 is 0.919 bits per heavy atom. The first-order chi connectivity index (χ1) is 17.7. The minimum Gasteiger partial charge on any atom is -0.481 e. The maximum absolute atomic E-state index is 13.1. The Hall–Kier alpha value is -2.96. The standard InChI is InChI=1S/C27H29IN2O6S/c28-23-17-21(14-15-25(23)36-19-26(31)32)18-24(30-37(34,35)22-12-5-2-6-13-22)27(33)29-16-8-7-11-20-9-3-1-4-10-20/h1-6,9-10,12-15,17,24,30H,7-8,11,16,18-19H2,(H,29,33)(H,31,32)/t24-/m0/s1. The highest BCUT2D eigenvalue weighted by Crippen LogP contribution is 2.23. The Morgan fingerprint density at radius 3 is 2.24 bits per heavy atom. The molecule has 8 nitrogen and oxygen atoms in total. The third kappa shape index (κ3) is 9.45.